The van der Waals surface area contributed by atoms with Crippen LogP contribution >= 0.6 is 0 Å². The van der Waals surface area contributed by atoms with Gasteiger partial charge in [-0.1, -0.05) is 18.2 Å². The Balaban J connectivity index is 2.27. The predicted molar refractivity (Wildman–Crippen MR) is 57.0 cm³/mol. The van der Waals surface area contributed by atoms with E-state index in [-0.39, 0.29) is 0 Å². The monoisotopic (exact) mass is 186 g/mol. The third kappa shape index (κ3) is 0.848. The molecule has 2 unspecified atom stereocenters. The highest BCUT2D eigenvalue weighted by Gasteiger charge is 2.35. The predicted octanol–water partition coefficient (Wildman–Crippen LogP) is 3.14. The van der Waals surface area contributed by atoms with E-state index in [4.69, 9.17) is 4.74 Å². The fourth-order valence-electron chi connectivity index (χ4n) is 2.91. The van der Waals surface area contributed by atoms with Crippen molar-refractivity contribution in [2.45, 2.75) is 25.2 Å². The molecule has 1 nitrogen and oxygen atoms in total. The van der Waals surface area contributed by atoms with Gasteiger partial charge in [-0.25, -0.2) is 0 Å². The van der Waals surface area contributed by atoms with Crippen LogP contribution in [0.1, 0.15) is 34.9 Å². The standard InChI is InChI=1S/C13H14O/c1-8-3-6-11(14-2)13-10-5-4-9(7-10)12(8)13/h3-6,9-10H,7H2,1-2H3. The van der Waals surface area contributed by atoms with Gasteiger partial charge in [-0.2, -0.15) is 0 Å². The van der Waals surface area contributed by atoms with E-state index >= 15 is 0 Å². The SMILES string of the molecule is COc1ccc(C)c2c1C1C=CC2C1. The van der Waals surface area contributed by atoms with Gasteiger partial charge in [-0.15, -0.1) is 0 Å². The number of rotatable bonds is 1. The number of hydrogen-bond donors (Lipinski definition) is 0. The Kier molecular flexibility index (Phi) is 1.52. The van der Waals surface area contributed by atoms with Gasteiger partial charge in [0.15, 0.2) is 0 Å². The summed E-state index contributed by atoms with van der Waals surface area (Å²) in [6, 6.07) is 4.27. The van der Waals surface area contributed by atoms with E-state index in [1.165, 1.54) is 23.1 Å². The molecule has 2 bridgehead atoms. The van der Waals surface area contributed by atoms with E-state index in [2.05, 4.69) is 31.2 Å². The Morgan fingerprint density at radius 3 is 2.57 bits per heavy atom. The van der Waals surface area contributed by atoms with Crippen LogP contribution in [-0.2, 0) is 0 Å². The maximum Gasteiger partial charge on any atom is 0.122 e. The molecule has 1 aromatic rings. The van der Waals surface area contributed by atoms with Crippen LogP contribution in [0, 0.1) is 6.92 Å². The van der Waals surface area contributed by atoms with Crippen molar-refractivity contribution in [3.8, 4) is 5.75 Å². The Hall–Kier alpha value is -1.24. The van der Waals surface area contributed by atoms with Crippen molar-refractivity contribution in [1.82, 2.24) is 0 Å². The third-order valence-electron chi connectivity index (χ3n) is 3.51. The van der Waals surface area contributed by atoms with Crippen molar-refractivity contribution in [1.29, 1.82) is 0 Å². The van der Waals surface area contributed by atoms with Crippen molar-refractivity contribution in [2.24, 2.45) is 0 Å². The number of hydrogen-bond acceptors (Lipinski definition) is 1. The molecule has 1 aromatic carbocycles. The summed E-state index contributed by atoms with van der Waals surface area (Å²) >= 11 is 0. The van der Waals surface area contributed by atoms with Crippen LogP contribution in [-0.4, -0.2) is 7.11 Å². The Bertz CT molecular complexity index is 417. The van der Waals surface area contributed by atoms with Crippen LogP contribution in [0.25, 0.3) is 0 Å². The highest BCUT2D eigenvalue weighted by atomic mass is 16.5. The topological polar surface area (TPSA) is 9.23 Å². The van der Waals surface area contributed by atoms with Gasteiger partial charge in [0.05, 0.1) is 7.11 Å². The van der Waals surface area contributed by atoms with E-state index in [1.54, 1.807) is 7.11 Å². The minimum atomic E-state index is 0.616. The number of fused-ring (bicyclic) bond motifs is 5. The van der Waals surface area contributed by atoms with E-state index in [9.17, 15) is 0 Å². The van der Waals surface area contributed by atoms with Crippen LogP contribution in [0.15, 0.2) is 24.3 Å². The van der Waals surface area contributed by atoms with Crippen LogP contribution in [0.4, 0.5) is 0 Å². The largest absolute Gasteiger partial charge is 0.496 e. The second-order valence-electron chi connectivity index (χ2n) is 4.25. The molecule has 0 N–H and O–H groups in total. The van der Waals surface area contributed by atoms with Crippen molar-refractivity contribution < 1.29 is 4.74 Å². The number of allylic oxidation sites excluding steroid dienone is 2. The highest BCUT2D eigenvalue weighted by Crippen LogP contribution is 2.52. The summed E-state index contributed by atoms with van der Waals surface area (Å²) in [7, 11) is 1.76. The molecular weight excluding hydrogens is 172 g/mol. The second-order valence-corrected chi connectivity index (χ2v) is 4.25. The molecule has 0 radical (unpaired) electrons. The lowest BCUT2D eigenvalue weighted by Crippen LogP contribution is -1.99. The summed E-state index contributed by atoms with van der Waals surface area (Å²) in [6.07, 6.45) is 5.94. The van der Waals surface area contributed by atoms with E-state index in [0.29, 0.717) is 11.8 Å². The molecule has 14 heavy (non-hydrogen) atoms. The molecule has 0 saturated heterocycles. The number of ether oxygens (including phenoxy) is 1. The Morgan fingerprint density at radius 2 is 1.86 bits per heavy atom. The molecule has 0 amide bonds. The fraction of sp³-hybridized carbons (Fsp3) is 0.385. The molecule has 0 heterocycles. The highest BCUT2D eigenvalue weighted by molar-refractivity contribution is 5.57. The smallest absolute Gasteiger partial charge is 0.122 e. The number of benzene rings is 1. The van der Waals surface area contributed by atoms with Crippen molar-refractivity contribution in [3.05, 3.63) is 41.0 Å². The first-order valence-electron chi connectivity index (χ1n) is 5.17. The van der Waals surface area contributed by atoms with E-state index < -0.39 is 0 Å². The average Bonchev–Trinajstić information content (AvgIpc) is 2.79. The zero-order chi connectivity index (χ0) is 9.71. The average molecular weight is 186 g/mol. The van der Waals surface area contributed by atoms with Gasteiger partial charge in [-0.05, 0) is 30.5 Å². The summed E-state index contributed by atoms with van der Waals surface area (Å²) in [5.74, 6) is 2.34. The maximum atomic E-state index is 5.43. The molecule has 0 fully saturated rings. The summed E-state index contributed by atoms with van der Waals surface area (Å²) in [6.45, 7) is 2.20. The molecule has 0 saturated carbocycles. The Labute approximate surface area is 84.4 Å². The summed E-state index contributed by atoms with van der Waals surface area (Å²) in [5, 5.41) is 0. The molecule has 72 valence electrons. The van der Waals surface area contributed by atoms with E-state index in [0.717, 1.165) is 5.75 Å². The molecule has 1 heteroatoms. The summed E-state index contributed by atoms with van der Waals surface area (Å²) < 4.78 is 5.43. The van der Waals surface area contributed by atoms with Gasteiger partial charge >= 0.3 is 0 Å². The molecular formula is C13H14O. The lowest BCUT2D eigenvalue weighted by Gasteiger charge is -2.16. The lowest BCUT2D eigenvalue weighted by molar-refractivity contribution is 0.409. The van der Waals surface area contributed by atoms with Gasteiger partial charge in [0.1, 0.15) is 5.75 Å². The molecule has 2 atom stereocenters. The second kappa shape index (κ2) is 2.63. The van der Waals surface area contributed by atoms with Gasteiger partial charge in [0.2, 0.25) is 0 Å². The summed E-state index contributed by atoms with van der Waals surface area (Å²) in [5.41, 5.74) is 4.38. The lowest BCUT2D eigenvalue weighted by atomic mass is 9.92. The van der Waals surface area contributed by atoms with E-state index in [1.807, 2.05) is 0 Å². The molecule has 0 aliphatic heterocycles. The fourth-order valence-corrected chi connectivity index (χ4v) is 2.91. The number of methoxy groups -OCH3 is 1. The molecule has 0 spiro atoms. The van der Waals surface area contributed by atoms with Gasteiger partial charge in [0, 0.05) is 17.4 Å². The molecule has 3 rings (SSSR count). The van der Waals surface area contributed by atoms with Crippen molar-refractivity contribution in [2.75, 3.05) is 7.11 Å². The quantitative estimate of drug-likeness (QED) is 0.612. The van der Waals surface area contributed by atoms with Gasteiger partial charge < -0.3 is 4.74 Å². The number of aryl methyl sites for hydroxylation is 1. The summed E-state index contributed by atoms with van der Waals surface area (Å²) in [4.78, 5) is 0. The van der Waals surface area contributed by atoms with Crippen LogP contribution in [0.3, 0.4) is 0 Å². The van der Waals surface area contributed by atoms with Crippen LogP contribution in [0.5, 0.6) is 5.75 Å². The third-order valence-corrected chi connectivity index (χ3v) is 3.51. The zero-order valence-corrected chi connectivity index (χ0v) is 8.58. The Morgan fingerprint density at radius 1 is 1.14 bits per heavy atom. The zero-order valence-electron chi connectivity index (χ0n) is 8.58. The maximum absolute atomic E-state index is 5.43. The minimum Gasteiger partial charge on any atom is -0.496 e. The van der Waals surface area contributed by atoms with Gasteiger partial charge in [0.25, 0.3) is 0 Å². The molecule has 2 aliphatic rings. The van der Waals surface area contributed by atoms with Crippen LogP contribution < -0.4 is 4.74 Å². The first-order chi connectivity index (χ1) is 6.81. The first-order valence-corrected chi connectivity index (χ1v) is 5.17. The van der Waals surface area contributed by atoms with Crippen molar-refractivity contribution in [3.63, 3.8) is 0 Å². The molecule has 0 aromatic heterocycles. The minimum absolute atomic E-state index is 0.616. The normalized spacial score (nSPS) is 26.7. The van der Waals surface area contributed by atoms with Gasteiger partial charge in [-0.3, -0.25) is 0 Å². The first kappa shape index (κ1) is 8.10. The van der Waals surface area contributed by atoms with Crippen molar-refractivity contribution >= 4 is 0 Å². The molecule has 2 aliphatic carbocycles. The van der Waals surface area contributed by atoms with Crippen LogP contribution in [0.2, 0.25) is 0 Å².